The molecule has 19 nitrogen and oxygen atoms in total. The third-order valence-electron chi connectivity index (χ3n) is 15.8. The highest BCUT2D eigenvalue weighted by molar-refractivity contribution is 6.30. The highest BCUT2D eigenvalue weighted by atomic mass is 35.5. The number of nitrogens with one attached hydrogen (secondary N) is 5. The Bertz CT molecular complexity index is 4070. The van der Waals surface area contributed by atoms with Gasteiger partial charge in [-0.3, -0.25) is 25.5 Å². The Morgan fingerprint density at radius 1 is 0.406 bits per heavy atom. The number of nitrogens with zero attached hydrogens (tertiary/aromatic N) is 10. The number of alkyl halides is 8. The van der Waals surface area contributed by atoms with Crippen LogP contribution in [0.3, 0.4) is 0 Å². The molecule has 0 bridgehead atoms. The van der Waals surface area contributed by atoms with Crippen LogP contribution in [0.2, 0.25) is 5.02 Å². The van der Waals surface area contributed by atoms with Crippen LogP contribution in [0.5, 0.6) is 23.0 Å². The summed E-state index contributed by atoms with van der Waals surface area (Å²) in [5, 5.41) is 36.0. The number of halogens is 10. The van der Waals surface area contributed by atoms with E-state index in [0.29, 0.717) is 0 Å². The second-order valence-corrected chi connectivity index (χ2v) is 26.2. The maximum Gasteiger partial charge on any atom is 0.573 e. The van der Waals surface area contributed by atoms with Crippen LogP contribution in [-0.2, 0) is 32.7 Å². The number of ether oxygens (including phenoxy) is 4. The van der Waals surface area contributed by atoms with Crippen molar-refractivity contribution in [1.29, 1.82) is 0 Å². The Morgan fingerprint density at radius 2 is 0.698 bits per heavy atom. The average molecular weight is 1510 g/mol. The lowest BCUT2D eigenvalue weighted by Crippen LogP contribution is -2.19. The minimum absolute atomic E-state index is 0.0502. The molecule has 5 N–H and O–H groups in total. The van der Waals surface area contributed by atoms with Crippen molar-refractivity contribution in [1.82, 2.24) is 75.5 Å². The van der Waals surface area contributed by atoms with Crippen LogP contribution in [-0.4, -0.2) is 175 Å². The maximum atomic E-state index is 14.1. The second kappa shape index (κ2) is 43.4. The number of hydrogen-bond acceptors (Lipinski definition) is 14. The van der Waals surface area contributed by atoms with E-state index in [4.69, 9.17) is 21.1 Å². The van der Waals surface area contributed by atoms with Crippen molar-refractivity contribution in [2.45, 2.75) is 139 Å². The molecule has 0 aliphatic heterocycles. The van der Waals surface area contributed by atoms with Gasteiger partial charge in [-0.05, 0) is 223 Å². The topological polar surface area (TPSA) is 197 Å². The Balaban J connectivity index is 0.000000208. The smallest absolute Gasteiger partial charge is 0.488 e. The monoisotopic (exact) mass is 1500 g/mol. The summed E-state index contributed by atoms with van der Waals surface area (Å²) in [7, 11) is 10.3. The molecule has 0 aliphatic carbocycles. The second-order valence-electron chi connectivity index (χ2n) is 25.8. The number of H-pyrrole nitrogens is 5. The fraction of sp³-hybridized carbons (Fsp3) is 0.416. The summed E-state index contributed by atoms with van der Waals surface area (Å²) in [4.78, 5) is 11.1. The zero-order valence-corrected chi connectivity index (χ0v) is 63.0. The molecule has 0 radical (unpaired) electrons. The van der Waals surface area contributed by atoms with Crippen molar-refractivity contribution >= 4 is 11.6 Å². The van der Waals surface area contributed by atoms with Gasteiger partial charge in [-0.15, -0.1) is 13.2 Å². The molecule has 0 amide bonds. The maximum absolute atomic E-state index is 14.1. The van der Waals surface area contributed by atoms with E-state index in [9.17, 15) is 39.5 Å². The van der Waals surface area contributed by atoms with Crippen LogP contribution in [0.15, 0.2) is 146 Å². The van der Waals surface area contributed by atoms with Gasteiger partial charge in [0.25, 0.3) is 0 Å². The molecular weight excluding hydrogens is 1410 g/mol. The molecule has 0 aliphatic rings. The van der Waals surface area contributed by atoms with Gasteiger partial charge in [0.1, 0.15) is 17.2 Å². The minimum atomic E-state index is -4.68. The van der Waals surface area contributed by atoms with Gasteiger partial charge in [0.05, 0.1) is 65.6 Å². The lowest BCUT2D eigenvalue weighted by Gasteiger charge is -2.15. The van der Waals surface area contributed by atoms with Crippen molar-refractivity contribution in [3.63, 3.8) is 0 Å². The highest BCUT2D eigenvalue weighted by Gasteiger charge is 2.31. The van der Waals surface area contributed by atoms with Crippen LogP contribution in [0, 0.1) is 5.82 Å². The summed E-state index contributed by atoms with van der Waals surface area (Å²) >= 11 is 5.90. The Labute approximate surface area is 620 Å². The number of aromatic nitrogens is 10. The Hall–Kier alpha value is -9.19. The number of benzene rings is 5. The number of aromatic amines is 5. The van der Waals surface area contributed by atoms with Crippen molar-refractivity contribution in [3.05, 3.63) is 185 Å². The largest absolute Gasteiger partial charge is 0.573 e. The van der Waals surface area contributed by atoms with E-state index in [2.05, 4.69) is 141 Å². The molecular formula is C77H99ClF9N15O4. The summed E-state index contributed by atoms with van der Waals surface area (Å²) in [5.74, 6) is 0.0325. The predicted molar refractivity (Wildman–Crippen MR) is 399 cm³/mol. The van der Waals surface area contributed by atoms with Crippen LogP contribution in [0.25, 0.3) is 56.3 Å². The third kappa shape index (κ3) is 29.6. The minimum Gasteiger partial charge on any atom is -0.488 e. The van der Waals surface area contributed by atoms with E-state index < -0.39 is 25.8 Å². The van der Waals surface area contributed by atoms with Crippen molar-refractivity contribution < 1.29 is 58.5 Å². The summed E-state index contributed by atoms with van der Waals surface area (Å²) in [5.41, 5.74) is 14.4. The molecule has 10 rings (SSSR count). The van der Waals surface area contributed by atoms with E-state index in [0.717, 1.165) is 181 Å². The molecule has 106 heavy (non-hydrogen) atoms. The first-order chi connectivity index (χ1) is 50.6. The van der Waals surface area contributed by atoms with Gasteiger partial charge >= 0.3 is 19.2 Å². The summed E-state index contributed by atoms with van der Waals surface area (Å²) < 4.78 is 130. The quantitative estimate of drug-likeness (QED) is 0.0250. The summed E-state index contributed by atoms with van der Waals surface area (Å²) in [6.07, 6.45) is 5.40. The molecule has 10 aromatic rings. The predicted octanol–water partition coefficient (Wildman–Crippen LogP) is 18.6. The van der Waals surface area contributed by atoms with E-state index >= 15 is 0 Å². The van der Waals surface area contributed by atoms with Gasteiger partial charge in [-0.25, -0.2) is 4.39 Å². The molecule has 0 saturated carbocycles. The third-order valence-corrected chi connectivity index (χ3v) is 16.1. The van der Waals surface area contributed by atoms with Gasteiger partial charge in [-0.2, -0.15) is 47.4 Å². The van der Waals surface area contributed by atoms with Crippen LogP contribution >= 0.6 is 11.6 Å². The first-order valence-electron chi connectivity index (χ1n) is 35.1. The molecule has 0 saturated heterocycles. The molecule has 5 heterocycles. The molecule has 0 unspecified atom stereocenters. The average Bonchev–Trinajstić information content (AvgIpc) is 1.67. The number of hydrogen-bond donors (Lipinski definition) is 5. The van der Waals surface area contributed by atoms with Gasteiger partial charge in [-0.1, -0.05) is 58.4 Å². The molecule has 0 fully saturated rings. The van der Waals surface area contributed by atoms with Gasteiger partial charge in [0.2, 0.25) is 0 Å². The zero-order chi connectivity index (χ0) is 77.3. The normalized spacial score (nSPS) is 11.6. The van der Waals surface area contributed by atoms with E-state index in [1.807, 2.05) is 64.5 Å². The van der Waals surface area contributed by atoms with Crippen LogP contribution in [0.1, 0.15) is 108 Å². The van der Waals surface area contributed by atoms with Gasteiger partial charge in [0, 0.05) is 87.8 Å². The molecule has 0 atom stereocenters. The van der Waals surface area contributed by atoms with Crippen LogP contribution < -0.4 is 18.9 Å². The number of rotatable bonds is 32. The summed E-state index contributed by atoms with van der Waals surface area (Å²) in [6, 6.07) is 31.7. The van der Waals surface area contributed by atoms with Crippen molar-refractivity contribution in [2.75, 3.05) is 74.6 Å². The molecule has 29 heteroatoms. The van der Waals surface area contributed by atoms with Gasteiger partial charge < -0.3 is 43.4 Å². The molecule has 5 aromatic carbocycles. The fourth-order valence-electron chi connectivity index (χ4n) is 11.3. The Kier molecular flexibility index (Phi) is 35.1. The highest BCUT2D eigenvalue weighted by Crippen LogP contribution is 2.32. The van der Waals surface area contributed by atoms with E-state index in [1.54, 1.807) is 67.3 Å². The first-order valence-corrected chi connectivity index (χ1v) is 35.4. The van der Waals surface area contributed by atoms with Crippen LogP contribution in [0.4, 0.5) is 39.5 Å². The lowest BCUT2D eigenvalue weighted by molar-refractivity contribution is -0.274. The van der Waals surface area contributed by atoms with Gasteiger partial charge in [0.15, 0.2) is 18.2 Å². The van der Waals surface area contributed by atoms with Crippen molar-refractivity contribution in [3.8, 4) is 79.3 Å². The molecule has 0 spiro atoms. The van der Waals surface area contributed by atoms with E-state index in [1.165, 1.54) is 48.0 Å². The summed E-state index contributed by atoms with van der Waals surface area (Å²) in [6.45, 7) is 19.4. The lowest BCUT2D eigenvalue weighted by atomic mass is 10.1. The zero-order valence-electron chi connectivity index (χ0n) is 62.2. The SMILES string of the molecule is CCCN(C)Cc1cn[nH]c1-c1ccc(Cl)cc1.CCCN(C)Cc1cn[nH]c1-c1ccc(OC(C)C)c(F)c1.CCCN(C)Cc1cn[nH]c1-c1ccc(OC(F)(F)F)cc1.CCCN(C)Cc1cn[nH]c1-c1ccc(OC(F)F)cc1.CCCN(C)Cc1cn[nH]c1-c1ccc(OCC(F)(F)F)cc1. The standard InChI is InChI=1S/C17H24FN3O.C16H20F3N3O.C15H18F3N3O.C15H19F2N3O.C14H18ClN3/c1-5-8-21(4)11-14-10-19-20-17(14)13-6-7-16(15(18)9-13)22-12(2)3;1-3-8-22(2)10-13-9-20-21-15(13)12-4-6-14(7-5-12)23-11-16(17,18)19;1-3-8-21(2)10-12-9-19-20-14(12)11-4-6-13(7-5-11)22-15(16,17)18;1-3-8-20(2)10-12-9-18-19-14(12)11-4-6-13(7-5-11)21-15(16)17;1-3-8-18(2)10-12-9-16-17-14(12)11-4-6-13(15)7-5-11/h6-7,9-10,12H,5,8,11H2,1-4H3,(H,19,20);4-7,9H,3,8,10-11H2,1-2H3,(H,20,21);4-7,9H,3,8,10H2,1-2H3,(H,19,20);4-7,9,15H,3,8,10H2,1-2H3,(H,18,19);4-7,9H,3,8,10H2,1-2H3,(H,16,17). The first kappa shape index (κ1) is 85.7. The Morgan fingerprint density at radius 3 is 0.981 bits per heavy atom. The van der Waals surface area contributed by atoms with E-state index in [-0.39, 0.29) is 34.9 Å². The molecule has 5 aromatic heterocycles. The van der Waals surface area contributed by atoms with Crippen molar-refractivity contribution in [2.24, 2.45) is 0 Å². The molecule has 576 valence electrons. The fourth-order valence-corrected chi connectivity index (χ4v) is 11.4.